The summed E-state index contributed by atoms with van der Waals surface area (Å²) < 4.78 is 72.3. The number of hydrogen-bond acceptors (Lipinski definition) is 4. The number of rotatable bonds is 12. The monoisotopic (exact) mass is 507 g/mol. The van der Waals surface area contributed by atoms with Crippen LogP contribution >= 0.6 is 0 Å². The summed E-state index contributed by atoms with van der Waals surface area (Å²) in [5.41, 5.74) is -0.759. The number of fused-ring (bicyclic) bond motifs is 5. The molecular formula is C32H52O4. The van der Waals surface area contributed by atoms with E-state index in [1.807, 2.05) is 13.8 Å². The Kier molecular flexibility index (Phi) is 7.09. The topological polar surface area (TPSA) is 52.6 Å². The molecule has 0 saturated heterocycles. The number of allylic oxidation sites excluding steroid dienone is 1. The predicted octanol–water partition coefficient (Wildman–Crippen LogP) is 8.82. The van der Waals surface area contributed by atoms with Gasteiger partial charge < -0.3 is 9.47 Å². The van der Waals surface area contributed by atoms with Gasteiger partial charge in [-0.05, 0) is 80.5 Å². The van der Waals surface area contributed by atoms with Crippen molar-refractivity contribution in [2.24, 2.45) is 35.0 Å². The van der Waals surface area contributed by atoms with E-state index >= 15 is 0 Å². The summed E-state index contributed by atoms with van der Waals surface area (Å²) in [6, 6.07) is -0.702. The predicted molar refractivity (Wildman–Crippen MR) is 145 cm³/mol. The Morgan fingerprint density at radius 3 is 2.47 bits per heavy atom. The molecule has 0 aromatic heterocycles. The third-order valence-corrected chi connectivity index (χ3v) is 9.49. The van der Waals surface area contributed by atoms with E-state index in [9.17, 15) is 9.59 Å². The molecule has 0 aromatic rings. The number of hydrogen-bond donors (Lipinski definition) is 0. The van der Waals surface area contributed by atoms with Gasteiger partial charge in [-0.3, -0.25) is 4.79 Å². The van der Waals surface area contributed by atoms with E-state index in [4.69, 9.17) is 19.1 Å². The van der Waals surface area contributed by atoms with Gasteiger partial charge >= 0.3 is 6.16 Å². The number of carbonyl (C=O) groups excluding carboxylic acids is 2. The molecule has 4 nitrogen and oxygen atoms in total. The van der Waals surface area contributed by atoms with E-state index < -0.39 is 66.4 Å². The zero-order valence-corrected chi connectivity index (χ0v) is 22.7. The Morgan fingerprint density at radius 1 is 1.06 bits per heavy atom. The molecule has 3 fully saturated rings. The molecule has 3 unspecified atom stereocenters. The second kappa shape index (κ2) is 13.0. The highest BCUT2D eigenvalue weighted by molar-refractivity contribution is 5.91. The van der Waals surface area contributed by atoms with E-state index in [-0.39, 0.29) is 23.8 Å². The van der Waals surface area contributed by atoms with Crippen LogP contribution in [0.2, 0.25) is 0 Å². The standard InChI is InChI=1S/C32H52O4/c1-4-5-6-7-8-9-10-11-12-13-20-35-31(34)36-29-19-18-28-27-16-14-24-21-25(33)15-17-26(24)30(27)23(2)22-32(28,29)3/h21,23,26-30H,4-20,22H2,1-3H3/t23-,26-,27?,28?,29-,30?,32-/m0/s1/i14D2,15D2,16D2,21D. The van der Waals surface area contributed by atoms with Crippen LogP contribution in [0.5, 0.6) is 0 Å². The summed E-state index contributed by atoms with van der Waals surface area (Å²) in [7, 11) is 0. The molecule has 0 bridgehead atoms. The fourth-order valence-corrected chi connectivity index (χ4v) is 7.66. The second-order valence-corrected chi connectivity index (χ2v) is 12.0. The van der Waals surface area contributed by atoms with Crippen LogP contribution in [-0.2, 0) is 14.3 Å². The Hall–Kier alpha value is -1.32. The first-order valence-electron chi connectivity index (χ1n) is 18.2. The molecule has 0 amide bonds. The molecule has 204 valence electrons. The van der Waals surface area contributed by atoms with Crippen LogP contribution in [0.15, 0.2) is 11.6 Å². The first kappa shape index (κ1) is 19.7. The molecule has 3 saturated carbocycles. The lowest BCUT2D eigenvalue weighted by Gasteiger charge is -2.56. The van der Waals surface area contributed by atoms with Crippen molar-refractivity contribution in [2.45, 2.75) is 136 Å². The minimum absolute atomic E-state index is 0.152. The van der Waals surface area contributed by atoms with Gasteiger partial charge in [0.2, 0.25) is 0 Å². The lowest BCUT2D eigenvalue weighted by molar-refractivity contribution is -0.117. The van der Waals surface area contributed by atoms with Crippen LogP contribution in [0.3, 0.4) is 0 Å². The van der Waals surface area contributed by atoms with E-state index in [0.717, 1.165) is 19.3 Å². The Morgan fingerprint density at radius 2 is 1.75 bits per heavy atom. The number of unbranched alkanes of at least 4 members (excludes halogenated alkanes) is 9. The summed E-state index contributed by atoms with van der Waals surface area (Å²) in [5.74, 6) is -3.42. The van der Waals surface area contributed by atoms with Crippen LogP contribution in [0.25, 0.3) is 0 Å². The van der Waals surface area contributed by atoms with E-state index in [2.05, 4.69) is 6.92 Å². The van der Waals surface area contributed by atoms with E-state index in [1.165, 1.54) is 44.9 Å². The van der Waals surface area contributed by atoms with E-state index in [0.29, 0.717) is 25.9 Å². The van der Waals surface area contributed by atoms with Gasteiger partial charge in [-0.2, -0.15) is 0 Å². The number of carbonyl (C=O) groups is 2. The van der Waals surface area contributed by atoms with Gasteiger partial charge in [0.1, 0.15) is 6.10 Å². The van der Waals surface area contributed by atoms with Crippen LogP contribution in [0, 0.1) is 35.0 Å². The minimum atomic E-state index is -2.59. The van der Waals surface area contributed by atoms with E-state index in [1.54, 1.807) is 0 Å². The van der Waals surface area contributed by atoms with Crippen molar-refractivity contribution >= 4 is 11.9 Å². The molecule has 0 heterocycles. The molecule has 4 heteroatoms. The van der Waals surface area contributed by atoms with Crippen LogP contribution < -0.4 is 0 Å². The SMILES string of the molecule is [2H]C1=C2[C@H](CC([2H])([2H])C1=O)C1C(C3CC[C@H](OC(=O)OCCCCCCCCCCCC)[C@@]3(C)C[C@@H]1C)C([2H])([2H])C2([2H])[2H]. The molecular weight excluding hydrogens is 448 g/mol. The summed E-state index contributed by atoms with van der Waals surface area (Å²) >= 11 is 0. The lowest BCUT2D eigenvalue weighted by atomic mass is 9.49. The van der Waals surface area contributed by atoms with Gasteiger partial charge in [0.15, 0.2) is 5.78 Å². The normalized spacial score (nSPS) is 42.8. The average Bonchev–Trinajstić information content (AvgIpc) is 3.23. The fourth-order valence-electron chi connectivity index (χ4n) is 7.66. The first-order valence-corrected chi connectivity index (χ1v) is 14.7. The quantitative estimate of drug-likeness (QED) is 0.196. The Labute approximate surface area is 230 Å². The Balaban J connectivity index is 1.38. The van der Waals surface area contributed by atoms with Crippen molar-refractivity contribution in [1.82, 2.24) is 0 Å². The van der Waals surface area contributed by atoms with Gasteiger partial charge in [0, 0.05) is 20.0 Å². The zero-order valence-electron chi connectivity index (χ0n) is 29.7. The third kappa shape index (κ3) is 6.38. The van der Waals surface area contributed by atoms with Crippen LogP contribution in [-0.4, -0.2) is 24.6 Å². The van der Waals surface area contributed by atoms with Crippen molar-refractivity contribution in [3.63, 3.8) is 0 Å². The third-order valence-electron chi connectivity index (χ3n) is 9.49. The number of ether oxygens (including phenoxy) is 2. The zero-order chi connectivity index (χ0) is 31.8. The smallest absolute Gasteiger partial charge is 0.434 e. The Bertz CT molecular complexity index is 1060. The fraction of sp³-hybridized carbons (Fsp3) is 0.875. The largest absolute Gasteiger partial charge is 0.508 e. The second-order valence-electron chi connectivity index (χ2n) is 12.0. The molecule has 4 rings (SSSR count). The van der Waals surface area contributed by atoms with Crippen molar-refractivity contribution in [2.75, 3.05) is 6.61 Å². The molecule has 0 N–H and O–H groups in total. The highest BCUT2D eigenvalue weighted by atomic mass is 16.7. The summed E-state index contributed by atoms with van der Waals surface area (Å²) in [6.07, 6.45) is 4.87. The van der Waals surface area contributed by atoms with Gasteiger partial charge in [-0.15, -0.1) is 0 Å². The minimum Gasteiger partial charge on any atom is -0.434 e. The van der Waals surface area contributed by atoms with Crippen LogP contribution in [0.4, 0.5) is 4.79 Å². The maximum atomic E-state index is 12.7. The molecule has 0 spiro atoms. The number of ketones is 1. The van der Waals surface area contributed by atoms with Gasteiger partial charge in [0.05, 0.1) is 7.98 Å². The van der Waals surface area contributed by atoms with Crippen molar-refractivity contribution in [1.29, 1.82) is 0 Å². The maximum absolute atomic E-state index is 12.7. The molecule has 7 atom stereocenters. The van der Waals surface area contributed by atoms with Crippen molar-refractivity contribution < 1.29 is 28.7 Å². The molecule has 0 radical (unpaired) electrons. The highest BCUT2D eigenvalue weighted by Crippen LogP contribution is 2.64. The summed E-state index contributed by atoms with van der Waals surface area (Å²) in [5, 5.41) is 0. The van der Waals surface area contributed by atoms with Gasteiger partial charge in [-0.25, -0.2) is 4.79 Å². The van der Waals surface area contributed by atoms with Crippen LogP contribution in [0.1, 0.15) is 139 Å². The van der Waals surface area contributed by atoms with Gasteiger partial charge in [-0.1, -0.05) is 84.1 Å². The lowest BCUT2D eigenvalue weighted by Crippen LogP contribution is -2.51. The summed E-state index contributed by atoms with van der Waals surface area (Å²) in [6.45, 7) is 6.51. The van der Waals surface area contributed by atoms with Crippen molar-refractivity contribution in [3.05, 3.63) is 11.6 Å². The maximum Gasteiger partial charge on any atom is 0.508 e. The van der Waals surface area contributed by atoms with Gasteiger partial charge in [0.25, 0.3) is 0 Å². The molecule has 4 aliphatic carbocycles. The molecule has 0 aliphatic heterocycles. The highest BCUT2D eigenvalue weighted by Gasteiger charge is 2.59. The molecule has 4 aliphatic rings. The average molecular weight is 508 g/mol. The summed E-state index contributed by atoms with van der Waals surface area (Å²) in [4.78, 5) is 25.4. The first-order chi connectivity index (χ1) is 20.1. The molecule has 0 aromatic carbocycles. The van der Waals surface area contributed by atoms with Crippen molar-refractivity contribution in [3.8, 4) is 0 Å². The molecule has 36 heavy (non-hydrogen) atoms.